The predicted molar refractivity (Wildman–Crippen MR) is 123 cm³/mol. The van der Waals surface area contributed by atoms with Crippen LogP contribution in [0.1, 0.15) is 20.8 Å². The molecule has 214 valence electrons. The number of nitrogens with two attached hydrogens (primary N) is 1. The number of hydrogen-bond donors (Lipinski definition) is 8. The third-order valence-corrected chi connectivity index (χ3v) is 2.37. The lowest BCUT2D eigenvalue weighted by Gasteiger charge is -2.23. The van der Waals surface area contributed by atoms with E-state index in [9.17, 15) is 24.0 Å². The van der Waals surface area contributed by atoms with Crippen LogP contribution >= 0.6 is 0 Å². The van der Waals surface area contributed by atoms with E-state index in [-0.39, 0.29) is 13.1 Å². The Morgan fingerprint density at radius 1 is 0.568 bits per heavy atom. The summed E-state index contributed by atoms with van der Waals surface area (Å²) in [6, 6.07) is 0. The molecule has 0 heterocycles. The molecule has 0 radical (unpaired) electrons. The molecule has 0 aliphatic rings. The number of carbonyl (C=O) groups excluding carboxylic acids is 1. The Morgan fingerprint density at radius 2 is 0.703 bits per heavy atom. The number of carboxylic acids is 7. The van der Waals surface area contributed by atoms with Crippen LogP contribution in [0.3, 0.4) is 0 Å². The van der Waals surface area contributed by atoms with Gasteiger partial charge in [-0.15, -0.1) is 0 Å². The van der Waals surface area contributed by atoms with Crippen LogP contribution in [0.2, 0.25) is 0 Å². The summed E-state index contributed by atoms with van der Waals surface area (Å²) in [6.45, 7) is 4.09. The van der Waals surface area contributed by atoms with E-state index in [1.807, 2.05) is 0 Å². The van der Waals surface area contributed by atoms with Gasteiger partial charge in [-0.3, -0.25) is 48.2 Å². The van der Waals surface area contributed by atoms with E-state index < -0.39 is 73.9 Å². The molecule has 0 spiro atoms. The molecule has 0 aromatic rings. The second-order valence-electron chi connectivity index (χ2n) is 6.16. The SMILES string of the molecule is C=CC(N)=O.CC(=O)O.CC(=O)O.CC(=O)O.O=C(O)CN(CCN(CC(=O)O)CC(=O)O)CC(=O)O. The molecule has 18 heteroatoms. The Kier molecular flexibility index (Phi) is 31.8. The monoisotopic (exact) mass is 543 g/mol. The summed E-state index contributed by atoms with van der Waals surface area (Å²) >= 11 is 0. The quantitative estimate of drug-likeness (QED) is 0.122. The van der Waals surface area contributed by atoms with E-state index in [4.69, 9.17) is 50.1 Å². The van der Waals surface area contributed by atoms with Crippen molar-refractivity contribution < 1.29 is 74.1 Å². The highest BCUT2D eigenvalue weighted by Gasteiger charge is 2.17. The maximum absolute atomic E-state index is 10.6. The summed E-state index contributed by atoms with van der Waals surface area (Å²) in [7, 11) is 0. The first kappa shape index (κ1) is 42.6. The molecule has 0 fully saturated rings. The lowest BCUT2D eigenvalue weighted by atomic mass is 10.4. The number of hydrogen-bond acceptors (Lipinski definition) is 10. The molecule has 1 amide bonds. The number of carbonyl (C=O) groups is 8. The molecule has 0 aromatic heterocycles. The van der Waals surface area contributed by atoms with E-state index in [1.54, 1.807) is 0 Å². The van der Waals surface area contributed by atoms with Crippen molar-refractivity contribution in [2.75, 3.05) is 39.3 Å². The molecule has 0 unspecified atom stereocenters. The van der Waals surface area contributed by atoms with Crippen LogP contribution in [0.25, 0.3) is 0 Å². The van der Waals surface area contributed by atoms with E-state index >= 15 is 0 Å². The molecule has 37 heavy (non-hydrogen) atoms. The second-order valence-corrected chi connectivity index (χ2v) is 6.16. The summed E-state index contributed by atoms with van der Waals surface area (Å²) in [6.07, 6.45) is 1.06. The first-order chi connectivity index (χ1) is 16.7. The Morgan fingerprint density at radius 3 is 0.784 bits per heavy atom. The molecule has 0 aliphatic heterocycles. The van der Waals surface area contributed by atoms with Crippen molar-refractivity contribution >= 4 is 47.7 Å². The van der Waals surface area contributed by atoms with Gasteiger partial charge in [-0.05, 0) is 6.08 Å². The van der Waals surface area contributed by atoms with Crippen molar-refractivity contribution in [1.82, 2.24) is 9.80 Å². The maximum atomic E-state index is 10.6. The Bertz CT molecular complexity index is 659. The second kappa shape index (κ2) is 27.7. The Hall–Kier alpha value is -4.58. The van der Waals surface area contributed by atoms with Crippen molar-refractivity contribution in [3.05, 3.63) is 12.7 Å². The Balaban J connectivity index is -0.000000162. The first-order valence-corrected chi connectivity index (χ1v) is 9.50. The van der Waals surface area contributed by atoms with Crippen LogP contribution in [0, 0.1) is 0 Å². The van der Waals surface area contributed by atoms with Crippen LogP contribution in [0.4, 0.5) is 0 Å². The number of aliphatic carboxylic acids is 7. The van der Waals surface area contributed by atoms with Crippen LogP contribution < -0.4 is 5.73 Å². The fraction of sp³-hybridized carbons (Fsp3) is 0.474. The highest BCUT2D eigenvalue weighted by Crippen LogP contribution is 1.94. The first-order valence-electron chi connectivity index (χ1n) is 9.50. The highest BCUT2D eigenvalue weighted by molar-refractivity contribution is 5.85. The predicted octanol–water partition coefficient (Wildman–Crippen LogP) is -2.14. The van der Waals surface area contributed by atoms with Gasteiger partial charge in [0.15, 0.2) is 0 Å². The van der Waals surface area contributed by atoms with E-state index in [0.717, 1.165) is 36.6 Å². The molecule has 0 saturated carbocycles. The molecular weight excluding hydrogens is 510 g/mol. The molecule has 9 N–H and O–H groups in total. The molecule has 18 nitrogen and oxygen atoms in total. The highest BCUT2D eigenvalue weighted by atomic mass is 16.4. The average Bonchev–Trinajstić information content (AvgIpc) is 2.63. The summed E-state index contributed by atoms with van der Waals surface area (Å²) in [5.74, 6) is -7.89. The molecule has 0 aromatic carbocycles. The van der Waals surface area contributed by atoms with Crippen LogP contribution in [0.15, 0.2) is 12.7 Å². The zero-order valence-corrected chi connectivity index (χ0v) is 20.4. The maximum Gasteiger partial charge on any atom is 0.317 e. The molecule has 0 aliphatic carbocycles. The molecular formula is C19H33N3O15. The van der Waals surface area contributed by atoms with Crippen LogP contribution in [0.5, 0.6) is 0 Å². The van der Waals surface area contributed by atoms with Crippen molar-refractivity contribution in [3.63, 3.8) is 0 Å². The summed E-state index contributed by atoms with van der Waals surface area (Å²) in [5, 5.41) is 56.7. The van der Waals surface area contributed by atoms with Gasteiger partial charge in [0.2, 0.25) is 5.91 Å². The third-order valence-electron chi connectivity index (χ3n) is 2.37. The van der Waals surface area contributed by atoms with Crippen LogP contribution in [-0.4, -0.2) is 133 Å². The van der Waals surface area contributed by atoms with Crippen molar-refractivity contribution in [1.29, 1.82) is 0 Å². The van der Waals surface area contributed by atoms with Crippen molar-refractivity contribution in [2.45, 2.75) is 20.8 Å². The van der Waals surface area contributed by atoms with Gasteiger partial charge in [0.1, 0.15) is 0 Å². The van der Waals surface area contributed by atoms with Gasteiger partial charge in [-0.1, -0.05) is 6.58 Å². The lowest BCUT2D eigenvalue weighted by molar-refractivity contribution is -0.145. The summed E-state index contributed by atoms with van der Waals surface area (Å²) in [4.78, 5) is 80.8. The number of carboxylic acid groups (broad SMARTS) is 7. The molecule has 0 bridgehead atoms. The third kappa shape index (κ3) is 80.2. The Labute approximate surface area is 210 Å². The summed E-state index contributed by atoms with van der Waals surface area (Å²) < 4.78 is 0. The zero-order chi connectivity index (χ0) is 30.7. The molecule has 0 rings (SSSR count). The number of rotatable bonds is 12. The minimum atomic E-state index is -1.23. The van der Waals surface area contributed by atoms with E-state index in [1.165, 1.54) is 0 Å². The van der Waals surface area contributed by atoms with Gasteiger partial charge in [0.25, 0.3) is 17.9 Å². The molecule has 0 saturated heterocycles. The van der Waals surface area contributed by atoms with E-state index in [0.29, 0.717) is 0 Å². The normalized spacial score (nSPS) is 8.68. The number of amides is 1. The minimum Gasteiger partial charge on any atom is -0.481 e. The van der Waals surface area contributed by atoms with Crippen LogP contribution in [-0.2, 0) is 38.4 Å². The summed E-state index contributed by atoms with van der Waals surface area (Å²) in [5.41, 5.74) is 4.53. The van der Waals surface area contributed by atoms with Gasteiger partial charge in [0, 0.05) is 33.9 Å². The number of primary amides is 1. The molecule has 0 atom stereocenters. The smallest absolute Gasteiger partial charge is 0.317 e. The minimum absolute atomic E-state index is 0.0703. The van der Waals surface area contributed by atoms with Crippen molar-refractivity contribution in [3.8, 4) is 0 Å². The fourth-order valence-electron chi connectivity index (χ4n) is 1.48. The van der Waals surface area contributed by atoms with Gasteiger partial charge < -0.3 is 41.5 Å². The number of nitrogens with zero attached hydrogens (tertiary/aromatic N) is 2. The van der Waals surface area contributed by atoms with Crippen molar-refractivity contribution in [2.24, 2.45) is 5.73 Å². The lowest BCUT2D eigenvalue weighted by Crippen LogP contribution is -2.43. The fourth-order valence-corrected chi connectivity index (χ4v) is 1.48. The van der Waals surface area contributed by atoms with Gasteiger partial charge in [0.05, 0.1) is 26.2 Å². The standard InChI is InChI=1S/C10H16N2O8.C3H5NO.3C2H4O2/c13-7(14)3-11(4-8(15)16)1-2-12(5-9(17)18)6-10(19)20;1-2-3(4)5;3*1-2(3)4/h1-6H2,(H,13,14)(H,15,16)(H,17,18)(H,19,20);2H,1H2,(H2,4,5);3*1H3,(H,3,4). The topological polar surface area (TPSA) is 311 Å². The van der Waals surface area contributed by atoms with E-state index in [2.05, 4.69) is 12.3 Å². The van der Waals surface area contributed by atoms with Gasteiger partial charge in [-0.2, -0.15) is 0 Å². The average molecular weight is 543 g/mol. The van der Waals surface area contributed by atoms with Gasteiger partial charge >= 0.3 is 23.9 Å². The van der Waals surface area contributed by atoms with Gasteiger partial charge in [-0.25, -0.2) is 0 Å². The largest absolute Gasteiger partial charge is 0.481 e. The zero-order valence-electron chi connectivity index (χ0n) is 20.4.